The van der Waals surface area contributed by atoms with Crippen molar-refractivity contribution in [3.8, 4) is 0 Å². The molecule has 2 unspecified atom stereocenters. The number of nitrogens with one attached hydrogen (secondary N) is 1. The molecule has 0 bridgehead atoms. The zero-order chi connectivity index (χ0) is 13.4. The molecule has 0 radical (unpaired) electrons. The van der Waals surface area contributed by atoms with Gasteiger partial charge in [0.05, 0.1) is 5.02 Å². The Morgan fingerprint density at radius 2 is 2.16 bits per heavy atom. The lowest BCUT2D eigenvalue weighted by Gasteiger charge is -2.26. The van der Waals surface area contributed by atoms with E-state index in [1.165, 1.54) is 25.3 Å². The Morgan fingerprint density at radius 1 is 1.37 bits per heavy atom. The van der Waals surface area contributed by atoms with Crippen molar-refractivity contribution in [1.82, 2.24) is 10.2 Å². The molecule has 1 saturated carbocycles. The molecule has 1 aromatic rings. The second kappa shape index (κ2) is 5.39. The van der Waals surface area contributed by atoms with E-state index in [4.69, 9.17) is 11.6 Å². The minimum Gasteiger partial charge on any atom is -0.314 e. The van der Waals surface area contributed by atoms with Crippen LogP contribution in [0, 0.1) is 11.7 Å². The standard InChI is InChI=1S/C15H20ClFN2/c1-19-7-6-11(9-18-12-3-4-12)15(19)10-2-5-14(17)13(16)8-10/h2,5,8,11-12,15,18H,3-4,6-7,9H2,1H3. The van der Waals surface area contributed by atoms with Crippen LogP contribution in [0.25, 0.3) is 0 Å². The molecular formula is C15H20ClFN2. The summed E-state index contributed by atoms with van der Waals surface area (Å²) >= 11 is 5.92. The molecule has 2 fully saturated rings. The first-order valence-corrected chi connectivity index (χ1v) is 7.41. The maximum Gasteiger partial charge on any atom is 0.141 e. The summed E-state index contributed by atoms with van der Waals surface area (Å²) in [7, 11) is 2.14. The van der Waals surface area contributed by atoms with Gasteiger partial charge in [-0.15, -0.1) is 0 Å². The minimum atomic E-state index is -0.335. The molecule has 1 heterocycles. The van der Waals surface area contributed by atoms with Crippen LogP contribution >= 0.6 is 11.6 Å². The van der Waals surface area contributed by atoms with Crippen LogP contribution in [0.1, 0.15) is 30.9 Å². The highest BCUT2D eigenvalue weighted by molar-refractivity contribution is 6.30. The topological polar surface area (TPSA) is 15.3 Å². The Bertz CT molecular complexity index is 461. The maximum atomic E-state index is 13.3. The zero-order valence-electron chi connectivity index (χ0n) is 11.2. The molecule has 1 aliphatic heterocycles. The van der Waals surface area contributed by atoms with Gasteiger partial charge in [0.15, 0.2) is 0 Å². The molecule has 1 aliphatic carbocycles. The second-order valence-corrected chi connectivity index (χ2v) is 6.24. The summed E-state index contributed by atoms with van der Waals surface area (Å²) < 4.78 is 13.3. The van der Waals surface area contributed by atoms with Gasteiger partial charge in [-0.1, -0.05) is 17.7 Å². The predicted octanol–water partition coefficient (Wildman–Crippen LogP) is 3.22. The highest BCUT2D eigenvalue weighted by Crippen LogP contribution is 2.37. The lowest BCUT2D eigenvalue weighted by molar-refractivity contribution is 0.271. The van der Waals surface area contributed by atoms with Crippen molar-refractivity contribution in [1.29, 1.82) is 0 Å². The molecule has 1 saturated heterocycles. The van der Waals surface area contributed by atoms with E-state index < -0.39 is 0 Å². The van der Waals surface area contributed by atoms with E-state index in [9.17, 15) is 4.39 Å². The van der Waals surface area contributed by atoms with Crippen LogP contribution in [-0.2, 0) is 0 Å². The molecule has 4 heteroatoms. The van der Waals surface area contributed by atoms with Gasteiger partial charge in [-0.25, -0.2) is 4.39 Å². The fraction of sp³-hybridized carbons (Fsp3) is 0.600. The molecule has 19 heavy (non-hydrogen) atoms. The van der Waals surface area contributed by atoms with E-state index in [2.05, 4.69) is 17.3 Å². The van der Waals surface area contributed by atoms with E-state index >= 15 is 0 Å². The highest BCUT2D eigenvalue weighted by Gasteiger charge is 2.34. The van der Waals surface area contributed by atoms with Crippen molar-refractivity contribution < 1.29 is 4.39 Å². The summed E-state index contributed by atoms with van der Waals surface area (Å²) in [5.74, 6) is 0.255. The minimum absolute atomic E-state index is 0.228. The number of hydrogen-bond acceptors (Lipinski definition) is 2. The molecule has 0 amide bonds. The lowest BCUT2D eigenvalue weighted by Crippen LogP contribution is -2.29. The van der Waals surface area contributed by atoms with E-state index in [0.29, 0.717) is 12.0 Å². The van der Waals surface area contributed by atoms with Gasteiger partial charge in [-0.05, 0) is 56.5 Å². The Hall–Kier alpha value is -0.640. The summed E-state index contributed by atoms with van der Waals surface area (Å²) in [6.07, 6.45) is 3.82. The average Bonchev–Trinajstić information content (AvgIpc) is 3.14. The number of rotatable bonds is 4. The number of nitrogens with zero attached hydrogens (tertiary/aromatic N) is 1. The van der Waals surface area contributed by atoms with Crippen LogP contribution in [0.2, 0.25) is 5.02 Å². The maximum absolute atomic E-state index is 13.3. The Kier molecular flexibility index (Phi) is 3.79. The van der Waals surface area contributed by atoms with Crippen molar-refractivity contribution in [3.05, 3.63) is 34.6 Å². The average molecular weight is 283 g/mol. The van der Waals surface area contributed by atoms with Gasteiger partial charge in [-0.2, -0.15) is 0 Å². The van der Waals surface area contributed by atoms with Gasteiger partial charge in [0.1, 0.15) is 5.82 Å². The molecule has 104 valence electrons. The van der Waals surface area contributed by atoms with Crippen LogP contribution in [-0.4, -0.2) is 31.1 Å². The molecule has 1 N–H and O–H groups in total. The number of benzene rings is 1. The van der Waals surface area contributed by atoms with E-state index in [0.717, 1.165) is 24.7 Å². The van der Waals surface area contributed by atoms with Gasteiger partial charge in [-0.3, -0.25) is 4.90 Å². The van der Waals surface area contributed by atoms with Gasteiger partial charge < -0.3 is 5.32 Å². The van der Waals surface area contributed by atoms with E-state index in [1.807, 2.05) is 6.07 Å². The number of hydrogen-bond donors (Lipinski definition) is 1. The fourth-order valence-corrected chi connectivity index (χ4v) is 3.26. The van der Waals surface area contributed by atoms with Gasteiger partial charge in [0.2, 0.25) is 0 Å². The van der Waals surface area contributed by atoms with Crippen LogP contribution in [0.15, 0.2) is 18.2 Å². The largest absolute Gasteiger partial charge is 0.314 e. The summed E-state index contributed by atoms with van der Waals surface area (Å²) in [5.41, 5.74) is 1.13. The molecule has 0 aromatic heterocycles. The van der Waals surface area contributed by atoms with Crippen molar-refractivity contribution in [3.63, 3.8) is 0 Å². The molecule has 3 rings (SSSR count). The molecule has 1 aromatic carbocycles. The summed E-state index contributed by atoms with van der Waals surface area (Å²) in [5, 5.41) is 3.84. The Labute approximate surface area is 118 Å². The third kappa shape index (κ3) is 2.93. The Morgan fingerprint density at radius 3 is 2.84 bits per heavy atom. The first-order chi connectivity index (χ1) is 9.15. The molecule has 2 aliphatic rings. The molecule has 2 nitrogen and oxygen atoms in total. The first kappa shape index (κ1) is 13.3. The molecule has 2 atom stereocenters. The second-order valence-electron chi connectivity index (χ2n) is 5.83. The number of likely N-dealkylation sites (tertiary alicyclic amines) is 1. The normalized spacial score (nSPS) is 27.9. The van der Waals surface area contributed by atoms with Crippen molar-refractivity contribution in [2.24, 2.45) is 5.92 Å². The van der Waals surface area contributed by atoms with Crippen LogP contribution < -0.4 is 5.32 Å². The zero-order valence-corrected chi connectivity index (χ0v) is 12.0. The fourth-order valence-electron chi connectivity index (χ4n) is 3.07. The van der Waals surface area contributed by atoms with Gasteiger partial charge in [0.25, 0.3) is 0 Å². The summed E-state index contributed by atoms with van der Waals surface area (Å²) in [4.78, 5) is 2.35. The summed E-state index contributed by atoms with van der Waals surface area (Å²) in [6, 6.07) is 6.23. The summed E-state index contributed by atoms with van der Waals surface area (Å²) in [6.45, 7) is 2.14. The quantitative estimate of drug-likeness (QED) is 0.912. The van der Waals surface area contributed by atoms with Crippen molar-refractivity contribution >= 4 is 11.6 Å². The van der Waals surface area contributed by atoms with Gasteiger partial charge in [0, 0.05) is 18.6 Å². The van der Waals surface area contributed by atoms with E-state index in [1.54, 1.807) is 6.07 Å². The Balaban J connectivity index is 1.75. The number of halogens is 2. The SMILES string of the molecule is CN1CCC(CNC2CC2)C1c1ccc(F)c(Cl)c1. The van der Waals surface area contributed by atoms with Crippen LogP contribution in [0.3, 0.4) is 0 Å². The predicted molar refractivity (Wildman–Crippen MR) is 75.9 cm³/mol. The van der Waals surface area contributed by atoms with Gasteiger partial charge >= 0.3 is 0 Å². The monoisotopic (exact) mass is 282 g/mol. The van der Waals surface area contributed by atoms with Crippen LogP contribution in [0.5, 0.6) is 0 Å². The van der Waals surface area contributed by atoms with E-state index in [-0.39, 0.29) is 10.8 Å². The van der Waals surface area contributed by atoms with Crippen LogP contribution in [0.4, 0.5) is 4.39 Å². The highest BCUT2D eigenvalue weighted by atomic mass is 35.5. The third-order valence-electron chi connectivity index (χ3n) is 4.31. The first-order valence-electron chi connectivity index (χ1n) is 7.03. The van der Waals surface area contributed by atoms with Crippen molar-refractivity contribution in [2.45, 2.75) is 31.3 Å². The third-order valence-corrected chi connectivity index (χ3v) is 4.59. The van der Waals surface area contributed by atoms with Crippen molar-refractivity contribution in [2.75, 3.05) is 20.1 Å². The molecule has 0 spiro atoms. The molecular weight excluding hydrogens is 263 g/mol. The lowest BCUT2D eigenvalue weighted by atomic mass is 9.93. The smallest absolute Gasteiger partial charge is 0.141 e.